The Morgan fingerprint density at radius 2 is 2.29 bits per heavy atom. The van der Waals surface area contributed by atoms with Gasteiger partial charge in [-0.15, -0.1) is 0 Å². The number of hydrogen-bond donors (Lipinski definition) is 1. The third kappa shape index (κ3) is 5.48. The predicted molar refractivity (Wildman–Crippen MR) is 68.0 cm³/mol. The van der Waals surface area contributed by atoms with E-state index < -0.39 is 0 Å². The van der Waals surface area contributed by atoms with E-state index in [0.29, 0.717) is 12.5 Å². The fraction of sp³-hybridized carbons (Fsp3) is 0.917. The molecule has 5 nitrogen and oxygen atoms in total. The van der Waals surface area contributed by atoms with E-state index in [2.05, 4.69) is 10.2 Å². The van der Waals surface area contributed by atoms with Gasteiger partial charge in [-0.1, -0.05) is 0 Å². The van der Waals surface area contributed by atoms with Crippen molar-refractivity contribution in [1.82, 2.24) is 15.1 Å². The highest BCUT2D eigenvalue weighted by Crippen LogP contribution is 2.06. The van der Waals surface area contributed by atoms with Crippen LogP contribution in [0.3, 0.4) is 0 Å². The maximum atomic E-state index is 11.4. The molecule has 1 aliphatic rings. The molecule has 5 heteroatoms. The van der Waals surface area contributed by atoms with Gasteiger partial charge in [0.15, 0.2) is 0 Å². The van der Waals surface area contributed by atoms with Gasteiger partial charge in [-0.3, -0.25) is 9.69 Å². The van der Waals surface area contributed by atoms with Crippen molar-refractivity contribution >= 4 is 5.91 Å². The molecular weight excluding hydrogens is 218 g/mol. The Morgan fingerprint density at radius 3 is 2.94 bits per heavy atom. The van der Waals surface area contributed by atoms with Gasteiger partial charge in [-0.05, 0) is 20.0 Å². The van der Waals surface area contributed by atoms with Gasteiger partial charge in [0.05, 0.1) is 12.7 Å². The van der Waals surface area contributed by atoms with Crippen molar-refractivity contribution in [3.05, 3.63) is 0 Å². The number of amides is 1. The number of carbonyl (C=O) groups is 1. The lowest BCUT2D eigenvalue weighted by molar-refractivity contribution is -0.128. The molecule has 1 atom stereocenters. The quantitative estimate of drug-likeness (QED) is 0.700. The minimum absolute atomic E-state index is 0.213. The molecule has 17 heavy (non-hydrogen) atoms. The van der Waals surface area contributed by atoms with Crippen molar-refractivity contribution in [2.24, 2.45) is 0 Å². The first kappa shape index (κ1) is 14.4. The van der Waals surface area contributed by atoms with Gasteiger partial charge >= 0.3 is 0 Å². The molecule has 1 N–H and O–H groups in total. The monoisotopic (exact) mass is 243 g/mol. The van der Waals surface area contributed by atoms with Crippen LogP contribution in [-0.2, 0) is 9.53 Å². The molecule has 0 bridgehead atoms. The van der Waals surface area contributed by atoms with Gasteiger partial charge < -0.3 is 15.0 Å². The smallest absolute Gasteiger partial charge is 0.222 e. The van der Waals surface area contributed by atoms with E-state index >= 15 is 0 Å². The lowest BCUT2D eigenvalue weighted by atomic mass is 10.2. The molecule has 1 amide bonds. The van der Waals surface area contributed by atoms with E-state index in [4.69, 9.17) is 4.74 Å². The first-order valence-electron chi connectivity index (χ1n) is 6.32. The number of nitrogens with one attached hydrogen (secondary N) is 1. The molecule has 1 heterocycles. The van der Waals surface area contributed by atoms with Crippen LogP contribution < -0.4 is 5.32 Å². The van der Waals surface area contributed by atoms with E-state index in [0.717, 1.165) is 39.2 Å². The average molecular weight is 243 g/mol. The van der Waals surface area contributed by atoms with E-state index in [9.17, 15) is 4.79 Å². The van der Waals surface area contributed by atoms with Crippen LogP contribution in [0.5, 0.6) is 0 Å². The van der Waals surface area contributed by atoms with Crippen LogP contribution in [0.1, 0.15) is 12.8 Å². The summed E-state index contributed by atoms with van der Waals surface area (Å²) in [6, 6.07) is 0. The van der Waals surface area contributed by atoms with Crippen molar-refractivity contribution in [3.63, 3.8) is 0 Å². The zero-order chi connectivity index (χ0) is 12.7. The molecule has 0 spiro atoms. The van der Waals surface area contributed by atoms with Crippen molar-refractivity contribution in [1.29, 1.82) is 0 Å². The van der Waals surface area contributed by atoms with Crippen molar-refractivity contribution in [3.8, 4) is 0 Å². The molecule has 1 rings (SSSR count). The van der Waals surface area contributed by atoms with Crippen LogP contribution in [0.25, 0.3) is 0 Å². The van der Waals surface area contributed by atoms with E-state index in [1.807, 2.05) is 7.05 Å². The van der Waals surface area contributed by atoms with Crippen molar-refractivity contribution in [2.45, 2.75) is 18.9 Å². The molecule has 1 aliphatic heterocycles. The van der Waals surface area contributed by atoms with Crippen LogP contribution in [0.4, 0.5) is 0 Å². The van der Waals surface area contributed by atoms with Gasteiger partial charge in [0, 0.05) is 40.2 Å². The molecule has 0 aromatic heterocycles. The summed E-state index contributed by atoms with van der Waals surface area (Å²) in [4.78, 5) is 15.5. The minimum Gasteiger partial charge on any atom is -0.374 e. The summed E-state index contributed by atoms with van der Waals surface area (Å²) in [7, 11) is 5.55. The summed E-state index contributed by atoms with van der Waals surface area (Å²) in [5.41, 5.74) is 0. The highest BCUT2D eigenvalue weighted by Gasteiger charge is 2.19. The van der Waals surface area contributed by atoms with E-state index in [-0.39, 0.29) is 5.91 Å². The minimum atomic E-state index is 0.213. The van der Waals surface area contributed by atoms with Gasteiger partial charge in [0.25, 0.3) is 0 Å². The number of rotatable bonds is 6. The number of likely N-dealkylation sites (N-methyl/N-ethyl adjacent to an activating group) is 1. The number of ether oxygens (including phenoxy) is 1. The highest BCUT2D eigenvalue weighted by molar-refractivity contribution is 5.75. The zero-order valence-electron chi connectivity index (χ0n) is 11.2. The molecule has 1 saturated heterocycles. The van der Waals surface area contributed by atoms with Crippen LogP contribution in [0.15, 0.2) is 0 Å². The molecule has 1 fully saturated rings. The maximum Gasteiger partial charge on any atom is 0.222 e. The summed E-state index contributed by atoms with van der Waals surface area (Å²) in [6.45, 7) is 4.64. The molecule has 0 aliphatic carbocycles. The average Bonchev–Trinajstić information content (AvgIpc) is 2.29. The summed E-state index contributed by atoms with van der Waals surface area (Å²) in [6.07, 6.45) is 1.86. The second-order valence-corrected chi connectivity index (χ2v) is 4.74. The lowest BCUT2D eigenvalue weighted by Crippen LogP contribution is -2.46. The van der Waals surface area contributed by atoms with Crippen LogP contribution in [0, 0.1) is 0 Å². The number of nitrogens with zero attached hydrogens (tertiary/aromatic N) is 2. The van der Waals surface area contributed by atoms with E-state index in [1.54, 1.807) is 19.0 Å². The lowest BCUT2D eigenvalue weighted by Gasteiger charge is -2.32. The molecule has 0 saturated carbocycles. The Kier molecular flexibility index (Phi) is 6.47. The summed E-state index contributed by atoms with van der Waals surface area (Å²) < 4.78 is 5.63. The van der Waals surface area contributed by atoms with Gasteiger partial charge in [-0.25, -0.2) is 0 Å². The molecule has 0 aromatic rings. The largest absolute Gasteiger partial charge is 0.374 e. The standard InChI is InChI=1S/C12H25N3O2/c1-13-9-11-10-15(7-8-17-11)6-4-5-12(16)14(2)3/h11,13H,4-10H2,1-3H3. The summed E-state index contributed by atoms with van der Waals surface area (Å²) in [5, 5.41) is 3.13. The summed E-state index contributed by atoms with van der Waals surface area (Å²) >= 11 is 0. The Balaban J connectivity index is 2.16. The van der Waals surface area contributed by atoms with Gasteiger partial charge in [0.2, 0.25) is 5.91 Å². The first-order valence-corrected chi connectivity index (χ1v) is 6.32. The van der Waals surface area contributed by atoms with E-state index in [1.165, 1.54) is 0 Å². The predicted octanol–water partition coefficient (Wildman–Crippen LogP) is -0.225. The van der Waals surface area contributed by atoms with Crippen LogP contribution in [0.2, 0.25) is 0 Å². The third-order valence-electron chi connectivity index (χ3n) is 3.02. The second kappa shape index (κ2) is 7.63. The SMILES string of the molecule is CNCC1CN(CCCC(=O)N(C)C)CCO1. The number of morpholine rings is 1. The molecular formula is C12H25N3O2. The first-order chi connectivity index (χ1) is 8.13. The Morgan fingerprint density at radius 1 is 1.53 bits per heavy atom. The Labute approximate surface area is 104 Å². The molecule has 100 valence electrons. The molecule has 0 aromatic carbocycles. The zero-order valence-corrected chi connectivity index (χ0v) is 11.2. The fourth-order valence-corrected chi connectivity index (χ4v) is 2.01. The van der Waals surface area contributed by atoms with Gasteiger partial charge in [0.1, 0.15) is 0 Å². The topological polar surface area (TPSA) is 44.8 Å². The molecule has 1 unspecified atom stereocenters. The number of carbonyl (C=O) groups excluding carboxylic acids is 1. The second-order valence-electron chi connectivity index (χ2n) is 4.74. The Hall–Kier alpha value is -0.650. The Bertz CT molecular complexity index is 232. The van der Waals surface area contributed by atoms with Crippen molar-refractivity contribution in [2.75, 3.05) is 53.9 Å². The van der Waals surface area contributed by atoms with Crippen molar-refractivity contribution < 1.29 is 9.53 Å². The number of hydrogen-bond acceptors (Lipinski definition) is 4. The summed E-state index contributed by atoms with van der Waals surface area (Å²) in [5.74, 6) is 0.213. The fourth-order valence-electron chi connectivity index (χ4n) is 2.01. The third-order valence-corrected chi connectivity index (χ3v) is 3.02. The highest BCUT2D eigenvalue weighted by atomic mass is 16.5. The van der Waals surface area contributed by atoms with Crippen LogP contribution in [-0.4, -0.2) is 75.7 Å². The van der Waals surface area contributed by atoms with Crippen LogP contribution >= 0.6 is 0 Å². The van der Waals surface area contributed by atoms with Gasteiger partial charge in [-0.2, -0.15) is 0 Å². The normalized spacial score (nSPS) is 21.5. The molecule has 0 radical (unpaired) electrons. The maximum absolute atomic E-state index is 11.4.